The standard InChI is InChI=1S/C12H17NO2.ClH/c13-11(12(15)8-3-1-4-8)9-5-2-6-10(14)7-9;/h2,5-8,11-12,14-15H,1,3-4,13H2;1H/t11-,12+;/m0./s1. The summed E-state index contributed by atoms with van der Waals surface area (Å²) in [6.45, 7) is 0. The molecule has 16 heavy (non-hydrogen) atoms. The number of halogens is 1. The Morgan fingerprint density at radius 1 is 1.31 bits per heavy atom. The normalized spacial score (nSPS) is 19.4. The summed E-state index contributed by atoms with van der Waals surface area (Å²) in [4.78, 5) is 0. The highest BCUT2D eigenvalue weighted by atomic mass is 35.5. The molecule has 2 atom stereocenters. The molecule has 0 bridgehead atoms. The Kier molecular flexibility index (Phi) is 4.59. The first-order valence-electron chi connectivity index (χ1n) is 5.41. The number of hydrogen-bond donors (Lipinski definition) is 3. The second-order valence-corrected chi connectivity index (χ2v) is 4.30. The summed E-state index contributed by atoms with van der Waals surface area (Å²) in [5.74, 6) is 0.533. The molecule has 2 rings (SSSR count). The highest BCUT2D eigenvalue weighted by Crippen LogP contribution is 2.34. The quantitative estimate of drug-likeness (QED) is 0.761. The molecule has 4 N–H and O–H groups in total. The number of phenols is 1. The molecule has 1 aliphatic carbocycles. The third-order valence-corrected chi connectivity index (χ3v) is 3.26. The van der Waals surface area contributed by atoms with Crippen molar-refractivity contribution in [1.82, 2.24) is 0 Å². The van der Waals surface area contributed by atoms with E-state index in [4.69, 9.17) is 5.73 Å². The summed E-state index contributed by atoms with van der Waals surface area (Å²) in [5, 5.41) is 19.3. The van der Waals surface area contributed by atoms with E-state index in [0.717, 1.165) is 18.4 Å². The van der Waals surface area contributed by atoms with Crippen molar-refractivity contribution in [2.45, 2.75) is 31.4 Å². The van der Waals surface area contributed by atoms with Crippen molar-refractivity contribution in [2.24, 2.45) is 11.7 Å². The fourth-order valence-corrected chi connectivity index (χ4v) is 2.00. The molecule has 3 nitrogen and oxygen atoms in total. The van der Waals surface area contributed by atoms with E-state index in [2.05, 4.69) is 0 Å². The Labute approximate surface area is 102 Å². The molecule has 4 heteroatoms. The maximum Gasteiger partial charge on any atom is 0.115 e. The summed E-state index contributed by atoms with van der Waals surface area (Å²) >= 11 is 0. The zero-order valence-electron chi connectivity index (χ0n) is 9.04. The molecular weight excluding hydrogens is 226 g/mol. The van der Waals surface area contributed by atoms with Crippen LogP contribution in [0, 0.1) is 5.92 Å². The minimum Gasteiger partial charge on any atom is -0.508 e. The SMILES string of the molecule is Cl.N[C@@H](c1cccc(O)c1)[C@H](O)C1CCC1. The van der Waals surface area contributed by atoms with Gasteiger partial charge in [0, 0.05) is 0 Å². The fourth-order valence-electron chi connectivity index (χ4n) is 2.00. The molecule has 1 aromatic carbocycles. The van der Waals surface area contributed by atoms with E-state index < -0.39 is 6.10 Å². The summed E-state index contributed by atoms with van der Waals surface area (Å²) < 4.78 is 0. The molecule has 1 aliphatic rings. The predicted molar refractivity (Wildman–Crippen MR) is 65.6 cm³/mol. The topological polar surface area (TPSA) is 66.5 Å². The van der Waals surface area contributed by atoms with E-state index in [0.29, 0.717) is 5.92 Å². The third kappa shape index (κ3) is 2.67. The molecule has 0 heterocycles. The Morgan fingerprint density at radius 2 is 2.00 bits per heavy atom. The molecule has 0 aromatic heterocycles. The van der Waals surface area contributed by atoms with Crippen molar-refractivity contribution in [3.05, 3.63) is 29.8 Å². The zero-order valence-corrected chi connectivity index (χ0v) is 9.86. The smallest absolute Gasteiger partial charge is 0.115 e. The number of aromatic hydroxyl groups is 1. The second kappa shape index (κ2) is 5.53. The maximum absolute atomic E-state index is 9.98. The Morgan fingerprint density at radius 3 is 2.50 bits per heavy atom. The monoisotopic (exact) mass is 243 g/mol. The van der Waals surface area contributed by atoms with E-state index in [1.54, 1.807) is 18.2 Å². The third-order valence-electron chi connectivity index (χ3n) is 3.26. The van der Waals surface area contributed by atoms with Gasteiger partial charge in [0.25, 0.3) is 0 Å². The lowest BCUT2D eigenvalue weighted by atomic mass is 9.77. The van der Waals surface area contributed by atoms with Crippen molar-refractivity contribution in [2.75, 3.05) is 0 Å². The summed E-state index contributed by atoms with van der Waals surface area (Å²) in [5.41, 5.74) is 6.76. The van der Waals surface area contributed by atoms with Crippen molar-refractivity contribution in [3.8, 4) is 5.75 Å². The van der Waals surface area contributed by atoms with Gasteiger partial charge in [-0.25, -0.2) is 0 Å². The highest BCUT2D eigenvalue weighted by Gasteiger charge is 2.30. The minimum atomic E-state index is -0.486. The van der Waals surface area contributed by atoms with Crippen molar-refractivity contribution < 1.29 is 10.2 Å². The van der Waals surface area contributed by atoms with Gasteiger partial charge < -0.3 is 15.9 Å². The summed E-state index contributed by atoms with van der Waals surface area (Å²) in [6, 6.07) is 6.42. The molecule has 1 saturated carbocycles. The number of benzene rings is 1. The van der Waals surface area contributed by atoms with Crippen LogP contribution >= 0.6 is 12.4 Å². The number of nitrogens with two attached hydrogens (primary N) is 1. The second-order valence-electron chi connectivity index (χ2n) is 4.30. The molecule has 90 valence electrons. The van der Waals surface area contributed by atoms with Gasteiger partial charge in [-0.05, 0) is 36.5 Å². The molecule has 0 saturated heterocycles. The molecule has 1 fully saturated rings. The molecule has 0 unspecified atom stereocenters. The van der Waals surface area contributed by atoms with Gasteiger partial charge in [-0.2, -0.15) is 0 Å². The van der Waals surface area contributed by atoms with E-state index in [1.807, 2.05) is 6.07 Å². The number of rotatable bonds is 3. The Hall–Kier alpha value is -0.770. The first kappa shape index (κ1) is 13.3. The average molecular weight is 244 g/mol. The van der Waals surface area contributed by atoms with E-state index in [1.165, 1.54) is 6.42 Å². The van der Waals surface area contributed by atoms with Gasteiger partial charge >= 0.3 is 0 Å². The first-order chi connectivity index (χ1) is 7.18. The van der Waals surface area contributed by atoms with Crippen LogP contribution in [0.4, 0.5) is 0 Å². The van der Waals surface area contributed by atoms with Crippen LogP contribution in [0.2, 0.25) is 0 Å². The van der Waals surface area contributed by atoms with Gasteiger partial charge in [0.15, 0.2) is 0 Å². The van der Waals surface area contributed by atoms with Crippen LogP contribution in [0.15, 0.2) is 24.3 Å². The van der Waals surface area contributed by atoms with Crippen LogP contribution < -0.4 is 5.73 Å². The molecule has 0 spiro atoms. The van der Waals surface area contributed by atoms with Crippen LogP contribution in [0.25, 0.3) is 0 Å². The van der Waals surface area contributed by atoms with Crippen LogP contribution in [0.3, 0.4) is 0 Å². The number of aliphatic hydroxyl groups excluding tert-OH is 1. The highest BCUT2D eigenvalue weighted by molar-refractivity contribution is 5.85. The Bertz CT molecular complexity index is 342. The fraction of sp³-hybridized carbons (Fsp3) is 0.500. The van der Waals surface area contributed by atoms with Crippen molar-refractivity contribution >= 4 is 12.4 Å². The number of phenolic OH excluding ortho intramolecular Hbond substituents is 1. The molecular formula is C12H18ClNO2. The molecule has 1 aromatic rings. The first-order valence-corrected chi connectivity index (χ1v) is 5.41. The number of hydrogen-bond acceptors (Lipinski definition) is 3. The van der Waals surface area contributed by atoms with Gasteiger partial charge in [-0.1, -0.05) is 18.6 Å². The van der Waals surface area contributed by atoms with Crippen molar-refractivity contribution in [3.63, 3.8) is 0 Å². The lowest BCUT2D eigenvalue weighted by molar-refractivity contribution is 0.0413. The molecule has 0 radical (unpaired) electrons. The van der Waals surface area contributed by atoms with E-state index in [-0.39, 0.29) is 24.2 Å². The Balaban J connectivity index is 0.00000128. The van der Waals surface area contributed by atoms with Gasteiger partial charge in [0.2, 0.25) is 0 Å². The summed E-state index contributed by atoms with van der Waals surface area (Å²) in [7, 11) is 0. The number of aliphatic hydroxyl groups is 1. The van der Waals surface area contributed by atoms with Gasteiger partial charge in [-0.15, -0.1) is 12.4 Å². The zero-order chi connectivity index (χ0) is 10.8. The van der Waals surface area contributed by atoms with Crippen molar-refractivity contribution in [1.29, 1.82) is 0 Å². The minimum absolute atomic E-state index is 0. The van der Waals surface area contributed by atoms with Gasteiger partial charge in [0.1, 0.15) is 5.75 Å². The van der Waals surface area contributed by atoms with E-state index in [9.17, 15) is 10.2 Å². The van der Waals surface area contributed by atoms with Gasteiger partial charge in [0.05, 0.1) is 12.1 Å². The van der Waals surface area contributed by atoms with Gasteiger partial charge in [-0.3, -0.25) is 0 Å². The lowest BCUT2D eigenvalue weighted by Crippen LogP contribution is -2.36. The molecule has 0 amide bonds. The lowest BCUT2D eigenvalue weighted by Gasteiger charge is -2.33. The molecule has 0 aliphatic heterocycles. The van der Waals surface area contributed by atoms with Crippen LogP contribution in [-0.4, -0.2) is 16.3 Å². The van der Waals surface area contributed by atoms with Crippen LogP contribution in [0.5, 0.6) is 5.75 Å². The van der Waals surface area contributed by atoms with E-state index >= 15 is 0 Å². The van der Waals surface area contributed by atoms with Crippen LogP contribution in [-0.2, 0) is 0 Å². The predicted octanol–water partition coefficient (Wildman–Crippen LogP) is 1.97. The largest absolute Gasteiger partial charge is 0.508 e. The van der Waals surface area contributed by atoms with Crippen LogP contribution in [0.1, 0.15) is 30.9 Å². The average Bonchev–Trinajstić information content (AvgIpc) is 2.14. The maximum atomic E-state index is 9.98. The summed E-state index contributed by atoms with van der Waals surface area (Å²) in [6.07, 6.45) is 2.83.